The summed E-state index contributed by atoms with van der Waals surface area (Å²) in [6, 6.07) is 9.37. The first-order chi connectivity index (χ1) is 9.65. The third-order valence-electron chi connectivity index (χ3n) is 1.59. The number of hydrogen-bond donors (Lipinski definition) is 2. The minimum absolute atomic E-state index is 0. The van der Waals surface area contributed by atoms with Gasteiger partial charge in [0.05, 0.1) is 6.04 Å². The van der Waals surface area contributed by atoms with E-state index in [9.17, 15) is 4.79 Å². The predicted molar refractivity (Wildman–Crippen MR) is 86.9 cm³/mol. The average molecular weight is 278 g/mol. The van der Waals surface area contributed by atoms with Crippen LogP contribution >= 0.6 is 0 Å². The van der Waals surface area contributed by atoms with Crippen LogP contribution in [0.25, 0.3) is 0 Å². The molecule has 0 radical (unpaired) electrons. The molecule has 0 spiro atoms. The zero-order valence-electron chi connectivity index (χ0n) is 12.6. The van der Waals surface area contributed by atoms with Crippen molar-refractivity contribution in [3.8, 4) is 12.8 Å². The van der Waals surface area contributed by atoms with Crippen molar-refractivity contribution in [2.45, 2.75) is 27.3 Å². The summed E-state index contributed by atoms with van der Waals surface area (Å²) in [4.78, 5) is 19.2. The van der Waals surface area contributed by atoms with Gasteiger partial charge in [0.25, 0.3) is 0 Å². The molecular formula is C15H30N2O2. The van der Waals surface area contributed by atoms with Gasteiger partial charge in [-0.05, 0) is 12.0 Å². The molecule has 0 saturated carbocycles. The summed E-state index contributed by atoms with van der Waals surface area (Å²) in [7, 11) is 0. The summed E-state index contributed by atoms with van der Waals surface area (Å²) in [5.74, 6) is 0. The highest BCUT2D eigenvalue weighted by atomic mass is 16.1. The van der Waals surface area contributed by atoms with Gasteiger partial charge in [0, 0.05) is 10.9 Å². The van der Waals surface area contributed by atoms with Crippen molar-refractivity contribution in [1.29, 1.82) is 0 Å². The summed E-state index contributed by atoms with van der Waals surface area (Å²) >= 11 is 0. The first-order valence-corrected chi connectivity index (χ1v) is 4.92. The maximum absolute atomic E-state index is 10.2. The quantitative estimate of drug-likeness (QED) is 0.650. The summed E-state index contributed by atoms with van der Waals surface area (Å²) in [6.07, 6.45) is 7.82. The van der Waals surface area contributed by atoms with Crippen LogP contribution in [-0.2, 0) is 16.0 Å². The van der Waals surface area contributed by atoms with E-state index in [1.807, 2.05) is 30.3 Å². The lowest BCUT2D eigenvalue weighted by Gasteiger charge is -2.02. The van der Waals surface area contributed by atoms with Gasteiger partial charge < -0.3 is 21.1 Å². The van der Waals surface area contributed by atoms with Crippen LogP contribution < -0.4 is 11.5 Å². The van der Waals surface area contributed by atoms with Crippen LogP contribution in [0.3, 0.4) is 0 Å². The van der Waals surface area contributed by atoms with E-state index >= 15 is 0 Å². The van der Waals surface area contributed by atoms with Crippen LogP contribution in [0.15, 0.2) is 30.3 Å². The van der Waals surface area contributed by atoms with Crippen molar-refractivity contribution in [2.24, 2.45) is 11.5 Å². The SMILES string of the molecule is C.C.NCC=O.N[C@@H](C=O)Cc1ccccc1.[3HH].[3H]C#C.[3H][3H]. The Hall–Kier alpha value is -1.96. The van der Waals surface area contributed by atoms with E-state index in [0.29, 0.717) is 12.7 Å². The lowest BCUT2D eigenvalue weighted by atomic mass is 10.1. The van der Waals surface area contributed by atoms with Gasteiger partial charge in [0.1, 0.15) is 13.9 Å². The normalized spacial score (nSPS) is 9.42. The molecule has 0 saturated heterocycles. The van der Waals surface area contributed by atoms with Crippen LogP contribution in [0.1, 0.15) is 26.2 Å². The molecule has 0 amide bonds. The number of benzene rings is 1. The molecule has 0 heterocycles. The van der Waals surface area contributed by atoms with E-state index < -0.39 is 0 Å². The molecule has 0 bridgehead atoms. The Morgan fingerprint density at radius 2 is 1.79 bits per heavy atom. The molecule has 1 rings (SSSR count). The Bertz CT molecular complexity index is 360. The molecule has 0 unspecified atom stereocenters. The smallest absolute Gasteiger partial charge is 0.137 e. The Morgan fingerprint density at radius 1 is 1.37 bits per heavy atom. The molecule has 19 heavy (non-hydrogen) atoms. The maximum atomic E-state index is 10.2. The molecule has 4 heteroatoms. The Balaban J connectivity index is -0.0000000519. The molecule has 0 aliphatic rings. The van der Waals surface area contributed by atoms with Crippen molar-refractivity contribution in [1.82, 2.24) is 0 Å². The number of nitrogens with two attached hydrogens (primary N) is 2. The Morgan fingerprint density at radius 3 is 2.11 bits per heavy atom. The summed E-state index contributed by atoms with van der Waals surface area (Å²) < 4.78 is 15.7. The van der Waals surface area contributed by atoms with Gasteiger partial charge in [0.2, 0.25) is 0 Å². The Kier molecular flexibility index (Phi) is 21.8. The standard InChI is InChI=1S/C9H11NO.C2H5NO.C2H2.2CH4.2H2/c10-9(7-11)6-8-4-2-1-3-5-8;3-1-2-4;1-2;;;;/h1-5,7,9H,6,10H2;2H,1,3H2;1-2H;2*1H4;2*1H/t9-;;;;;;/m1....../s1/i;;1T;;;1+2T;1+2. The van der Waals surface area contributed by atoms with Gasteiger partial charge in [-0.2, -0.15) is 0 Å². The second kappa shape index (κ2) is 21.3. The molecule has 4 nitrogen and oxygen atoms in total. The molecule has 1 atom stereocenters. The lowest BCUT2D eigenvalue weighted by molar-refractivity contribution is -0.109. The highest BCUT2D eigenvalue weighted by Gasteiger charge is 1.99. The third-order valence-corrected chi connectivity index (χ3v) is 1.59. The van der Waals surface area contributed by atoms with Crippen LogP contribution in [0.4, 0.5) is 0 Å². The summed E-state index contributed by atoms with van der Waals surface area (Å²) in [5, 5.41) is 0. The van der Waals surface area contributed by atoms with Gasteiger partial charge in [0.15, 0.2) is 0 Å². The number of rotatable bonds is 4. The number of carbonyl (C=O) groups excluding carboxylic acids is 2. The zero-order valence-corrected chi connectivity index (χ0v) is 9.58. The molecule has 0 aliphatic carbocycles. The van der Waals surface area contributed by atoms with Crippen LogP contribution in [0.2, 0.25) is 0 Å². The fourth-order valence-electron chi connectivity index (χ4n) is 0.934. The minimum Gasteiger partial charge on any atom is -0.324 e. The second-order valence-corrected chi connectivity index (χ2v) is 2.89. The first kappa shape index (κ1) is 19.4. The largest absolute Gasteiger partial charge is 0.324 e. The van der Waals surface area contributed by atoms with E-state index in [1.165, 1.54) is 6.40 Å². The fourth-order valence-corrected chi connectivity index (χ4v) is 0.934. The number of hydrogen-bond acceptors (Lipinski definition) is 4. The van der Waals surface area contributed by atoms with Gasteiger partial charge >= 0.3 is 0 Å². The number of aldehydes is 2. The van der Waals surface area contributed by atoms with Crippen molar-refractivity contribution in [3.05, 3.63) is 35.9 Å². The topological polar surface area (TPSA) is 86.2 Å². The van der Waals surface area contributed by atoms with Gasteiger partial charge in [-0.15, -0.1) is 12.8 Å². The average Bonchev–Trinajstić information content (AvgIpc) is 2.51. The fraction of sp³-hybridized carbons (Fsp3) is 0.333. The molecule has 0 fully saturated rings. The minimum atomic E-state index is -0.364. The highest BCUT2D eigenvalue weighted by molar-refractivity contribution is 5.57. The lowest BCUT2D eigenvalue weighted by Crippen LogP contribution is -2.23. The third kappa shape index (κ3) is 18.6. The number of terminal acetylenes is 1. The molecular weight excluding hydrogens is 240 g/mol. The summed E-state index contributed by atoms with van der Waals surface area (Å²) in [6.45, 7) is 0.139. The van der Waals surface area contributed by atoms with E-state index in [4.69, 9.17) is 14.9 Å². The van der Waals surface area contributed by atoms with E-state index in [1.54, 1.807) is 0 Å². The van der Waals surface area contributed by atoms with Crippen LogP contribution in [0.5, 0.6) is 0 Å². The summed E-state index contributed by atoms with van der Waals surface area (Å²) in [5.41, 5.74) is 11.2. The van der Waals surface area contributed by atoms with Crippen molar-refractivity contribution >= 4 is 12.6 Å². The van der Waals surface area contributed by atoms with Crippen LogP contribution in [-0.4, -0.2) is 25.2 Å². The monoisotopic (exact) mass is 278 g/mol. The molecule has 112 valence electrons. The van der Waals surface area contributed by atoms with Crippen molar-refractivity contribution in [2.75, 3.05) is 6.54 Å². The predicted octanol–water partition coefficient (Wildman–Crippen LogP) is 1.91. The molecule has 0 aromatic heterocycles. The Labute approximate surface area is 123 Å². The molecule has 1 aromatic rings. The number of carbonyl (C=O) groups is 2. The highest BCUT2D eigenvalue weighted by Crippen LogP contribution is 1.99. The zero-order chi connectivity index (χ0) is 16.2. The van der Waals surface area contributed by atoms with Gasteiger partial charge in [-0.1, -0.05) is 45.2 Å². The molecule has 0 aliphatic heterocycles. The van der Waals surface area contributed by atoms with E-state index in [2.05, 4.69) is 12.2 Å². The maximum Gasteiger partial charge on any atom is 0.137 e. The van der Waals surface area contributed by atoms with Crippen molar-refractivity contribution in [3.63, 3.8) is 0 Å². The van der Waals surface area contributed by atoms with E-state index in [-0.39, 0.29) is 28.9 Å². The van der Waals surface area contributed by atoms with E-state index in [0.717, 1.165) is 11.8 Å². The van der Waals surface area contributed by atoms with Crippen LogP contribution in [0, 0.1) is 12.8 Å². The van der Waals surface area contributed by atoms with Crippen molar-refractivity contribution < 1.29 is 15.4 Å². The van der Waals surface area contributed by atoms with Gasteiger partial charge in [-0.3, -0.25) is 0 Å². The second-order valence-electron chi connectivity index (χ2n) is 2.89. The first-order valence-electron chi connectivity index (χ1n) is 6.42. The van der Waals surface area contributed by atoms with Gasteiger partial charge in [-0.25, -0.2) is 0 Å². The molecule has 4 N–H and O–H groups in total. The molecule has 1 aromatic carbocycles.